The molecule has 0 spiro atoms. The van der Waals surface area contributed by atoms with Crippen molar-refractivity contribution in [2.24, 2.45) is 15.8 Å². The van der Waals surface area contributed by atoms with Gasteiger partial charge in [-0.3, -0.25) is 0 Å². The average molecular weight is 356 g/mol. The van der Waals surface area contributed by atoms with Crippen LogP contribution in [0, 0.1) is 0 Å². The predicted octanol–water partition coefficient (Wildman–Crippen LogP) is 2.72. The van der Waals surface area contributed by atoms with Crippen LogP contribution in [0.1, 0.15) is 5.56 Å². The number of para-hydroxylation sites is 1. The van der Waals surface area contributed by atoms with E-state index in [4.69, 9.17) is 22.4 Å². The Morgan fingerprint density at radius 3 is 2.72 bits per heavy atom. The highest BCUT2D eigenvalue weighted by Gasteiger charge is 2.11. The molecule has 0 radical (unpaired) electrons. The Balaban J connectivity index is 1.97. The van der Waals surface area contributed by atoms with Crippen molar-refractivity contribution >= 4 is 34.7 Å². The molecule has 0 fully saturated rings. The minimum Gasteiger partial charge on any atom is -0.394 e. The number of H-pyrrole nitrogens is 1. The molecule has 1 heterocycles. The summed E-state index contributed by atoms with van der Waals surface area (Å²) in [5, 5.41) is 14.6. The van der Waals surface area contributed by atoms with Crippen molar-refractivity contribution in [1.29, 1.82) is 0 Å². The third kappa shape index (κ3) is 3.99. The predicted molar refractivity (Wildman–Crippen MR) is 103 cm³/mol. The lowest BCUT2D eigenvalue weighted by Gasteiger charge is -2.02. The number of aliphatic hydroxyl groups excluding tert-OH is 1. The maximum absolute atomic E-state index is 8.75. The van der Waals surface area contributed by atoms with E-state index in [0.717, 1.165) is 27.7 Å². The summed E-state index contributed by atoms with van der Waals surface area (Å²) in [6.07, 6.45) is 1.70. The molecule has 0 atom stereocenters. The van der Waals surface area contributed by atoms with Crippen LogP contribution in [0.3, 0.4) is 0 Å². The molecule has 7 heteroatoms. The monoisotopic (exact) mass is 355 g/mol. The lowest BCUT2D eigenvalue weighted by molar-refractivity contribution is 0.306. The fraction of sp³-hybridized carbons (Fsp3) is 0.111. The van der Waals surface area contributed by atoms with Gasteiger partial charge in [-0.25, -0.2) is 10.4 Å². The zero-order chi connectivity index (χ0) is 17.6. The summed E-state index contributed by atoms with van der Waals surface area (Å²) in [6.45, 7) is 0.173. The summed E-state index contributed by atoms with van der Waals surface area (Å²) in [7, 11) is 0. The molecule has 1 aromatic heterocycles. The first-order valence-corrected chi connectivity index (χ1v) is 8.13. The minimum atomic E-state index is -0.0603. The molecule has 25 heavy (non-hydrogen) atoms. The van der Waals surface area contributed by atoms with Crippen molar-refractivity contribution in [2.45, 2.75) is 0 Å². The van der Waals surface area contributed by atoms with E-state index >= 15 is 0 Å². The number of nitrogens with one attached hydrogen (secondary N) is 2. The maximum Gasteiger partial charge on any atom is 0.209 e. The summed E-state index contributed by atoms with van der Waals surface area (Å²) in [5.74, 6) is 0.151. The van der Waals surface area contributed by atoms with Crippen molar-refractivity contribution in [3.8, 4) is 11.3 Å². The molecule has 0 bridgehead atoms. The Labute approximate surface area is 150 Å². The van der Waals surface area contributed by atoms with Crippen molar-refractivity contribution in [3.05, 3.63) is 59.1 Å². The number of nitrogens with zero attached hydrogens (tertiary/aromatic N) is 2. The van der Waals surface area contributed by atoms with Crippen LogP contribution in [-0.4, -0.2) is 35.4 Å². The molecular formula is C18H18ClN5O. The molecule has 0 aliphatic heterocycles. The second-order valence-electron chi connectivity index (χ2n) is 5.33. The van der Waals surface area contributed by atoms with Gasteiger partial charge in [0.25, 0.3) is 0 Å². The SMILES string of the molecule is NC(=NCCO)NN=Cc1c(-c2ccc(Cl)cc2)[nH]c2ccccc12. The summed E-state index contributed by atoms with van der Waals surface area (Å²) in [4.78, 5) is 7.33. The number of nitrogens with two attached hydrogens (primary N) is 1. The van der Waals surface area contributed by atoms with Crippen LogP contribution in [0.5, 0.6) is 0 Å². The van der Waals surface area contributed by atoms with Crippen LogP contribution in [0.4, 0.5) is 0 Å². The average Bonchev–Trinajstić information content (AvgIpc) is 2.99. The number of guanidine groups is 1. The van der Waals surface area contributed by atoms with Crippen molar-refractivity contribution in [2.75, 3.05) is 13.2 Å². The van der Waals surface area contributed by atoms with Gasteiger partial charge in [-0.15, -0.1) is 0 Å². The zero-order valence-corrected chi connectivity index (χ0v) is 14.2. The summed E-state index contributed by atoms with van der Waals surface area (Å²) >= 11 is 5.99. The van der Waals surface area contributed by atoms with E-state index in [1.165, 1.54) is 0 Å². The number of aromatic amines is 1. The fourth-order valence-corrected chi connectivity index (χ4v) is 2.64. The number of hydrazone groups is 1. The molecule has 3 rings (SSSR count). The second kappa shape index (κ2) is 7.83. The molecule has 2 aromatic carbocycles. The number of aromatic nitrogens is 1. The highest BCUT2D eigenvalue weighted by molar-refractivity contribution is 6.30. The van der Waals surface area contributed by atoms with Crippen molar-refractivity contribution in [1.82, 2.24) is 10.4 Å². The van der Waals surface area contributed by atoms with Crippen LogP contribution in [0.25, 0.3) is 22.2 Å². The largest absolute Gasteiger partial charge is 0.394 e. The number of rotatable bonds is 5. The van der Waals surface area contributed by atoms with Gasteiger partial charge >= 0.3 is 0 Å². The number of hydrogen-bond acceptors (Lipinski definition) is 3. The quantitative estimate of drug-likeness (QED) is 0.321. The third-order valence-electron chi connectivity index (χ3n) is 3.63. The lowest BCUT2D eigenvalue weighted by Crippen LogP contribution is -2.27. The lowest BCUT2D eigenvalue weighted by atomic mass is 10.1. The molecule has 5 N–H and O–H groups in total. The number of aliphatic hydroxyl groups is 1. The Hall–Kier alpha value is -2.83. The van der Waals surface area contributed by atoms with E-state index in [9.17, 15) is 0 Å². The van der Waals surface area contributed by atoms with Gasteiger partial charge in [0.2, 0.25) is 5.96 Å². The van der Waals surface area contributed by atoms with Gasteiger partial charge in [-0.2, -0.15) is 5.10 Å². The van der Waals surface area contributed by atoms with Gasteiger partial charge in [0.1, 0.15) is 0 Å². The third-order valence-corrected chi connectivity index (χ3v) is 3.89. The van der Waals surface area contributed by atoms with Gasteiger partial charge < -0.3 is 15.8 Å². The number of hydrogen-bond donors (Lipinski definition) is 4. The highest BCUT2D eigenvalue weighted by atomic mass is 35.5. The van der Waals surface area contributed by atoms with E-state index in [-0.39, 0.29) is 19.1 Å². The van der Waals surface area contributed by atoms with Crippen LogP contribution in [0.2, 0.25) is 5.02 Å². The molecule has 0 unspecified atom stereocenters. The number of halogens is 1. The molecule has 0 aliphatic rings. The van der Waals surface area contributed by atoms with Gasteiger partial charge in [0, 0.05) is 21.5 Å². The van der Waals surface area contributed by atoms with E-state index in [1.54, 1.807) is 6.21 Å². The van der Waals surface area contributed by atoms with Crippen LogP contribution in [-0.2, 0) is 0 Å². The number of benzene rings is 2. The number of fused-ring (bicyclic) bond motifs is 1. The Kier molecular flexibility index (Phi) is 5.33. The maximum atomic E-state index is 8.75. The van der Waals surface area contributed by atoms with Crippen LogP contribution in [0.15, 0.2) is 58.6 Å². The molecule has 128 valence electrons. The Morgan fingerprint density at radius 1 is 1.20 bits per heavy atom. The first kappa shape index (κ1) is 17.0. The molecule has 6 nitrogen and oxygen atoms in total. The topological polar surface area (TPSA) is 98.8 Å². The van der Waals surface area contributed by atoms with Crippen LogP contribution >= 0.6 is 11.6 Å². The van der Waals surface area contributed by atoms with Crippen molar-refractivity contribution in [3.63, 3.8) is 0 Å². The van der Waals surface area contributed by atoms with Gasteiger partial charge in [0.15, 0.2) is 0 Å². The summed E-state index contributed by atoms with van der Waals surface area (Å²) < 4.78 is 0. The normalized spacial score (nSPS) is 12.2. The Bertz CT molecular complexity index is 915. The first-order chi connectivity index (χ1) is 12.2. The molecule has 0 saturated carbocycles. The molecule has 3 aromatic rings. The zero-order valence-electron chi connectivity index (χ0n) is 13.4. The summed E-state index contributed by atoms with van der Waals surface area (Å²) in [6, 6.07) is 15.6. The molecular weight excluding hydrogens is 338 g/mol. The van der Waals surface area contributed by atoms with Gasteiger partial charge in [0.05, 0.1) is 25.1 Å². The van der Waals surface area contributed by atoms with E-state index in [0.29, 0.717) is 5.02 Å². The van der Waals surface area contributed by atoms with Gasteiger partial charge in [-0.05, 0) is 23.8 Å². The first-order valence-electron chi connectivity index (χ1n) is 7.75. The van der Waals surface area contributed by atoms with E-state index in [1.807, 2.05) is 48.5 Å². The smallest absolute Gasteiger partial charge is 0.209 e. The van der Waals surface area contributed by atoms with E-state index in [2.05, 4.69) is 20.5 Å². The summed E-state index contributed by atoms with van der Waals surface area (Å²) in [5.41, 5.74) is 12.2. The standard InChI is InChI=1S/C18H18ClN5O/c19-13-7-5-12(6-8-13)17-15(11-22-24-18(20)21-9-10-25)14-3-1-2-4-16(14)23-17/h1-8,11,23,25H,9-10H2,(H3,20,21,24). The van der Waals surface area contributed by atoms with Gasteiger partial charge in [-0.1, -0.05) is 41.9 Å². The van der Waals surface area contributed by atoms with Crippen LogP contribution < -0.4 is 11.2 Å². The molecule has 0 aliphatic carbocycles. The van der Waals surface area contributed by atoms with Crippen molar-refractivity contribution < 1.29 is 5.11 Å². The molecule has 0 amide bonds. The van der Waals surface area contributed by atoms with E-state index < -0.39 is 0 Å². The highest BCUT2D eigenvalue weighted by Crippen LogP contribution is 2.29. The minimum absolute atomic E-state index is 0.0603. The fourth-order valence-electron chi connectivity index (χ4n) is 2.51. The molecule has 0 saturated heterocycles. The second-order valence-corrected chi connectivity index (χ2v) is 5.76. The Morgan fingerprint density at radius 2 is 1.96 bits per heavy atom. The number of aliphatic imine (C=N–C) groups is 1.